The standard InChI is InChI=1S/C14H13N3/c1-2-17-10-15-16-14(17)13-9-5-7-11-6-3-4-8-12(11)13/h3-10H,2H2,1H3. The van der Waals surface area contributed by atoms with E-state index in [1.165, 1.54) is 10.8 Å². The molecule has 0 N–H and O–H groups in total. The van der Waals surface area contributed by atoms with Crippen LogP contribution in [0.25, 0.3) is 22.2 Å². The van der Waals surface area contributed by atoms with Crippen molar-refractivity contribution in [1.82, 2.24) is 14.8 Å². The van der Waals surface area contributed by atoms with Crippen LogP contribution in [0.2, 0.25) is 0 Å². The van der Waals surface area contributed by atoms with E-state index in [9.17, 15) is 0 Å². The minimum absolute atomic E-state index is 0.881. The van der Waals surface area contributed by atoms with E-state index < -0.39 is 0 Å². The fraction of sp³-hybridized carbons (Fsp3) is 0.143. The van der Waals surface area contributed by atoms with Crippen molar-refractivity contribution < 1.29 is 0 Å². The van der Waals surface area contributed by atoms with Crippen LogP contribution in [0.3, 0.4) is 0 Å². The molecule has 0 bridgehead atoms. The zero-order valence-electron chi connectivity index (χ0n) is 9.67. The molecular weight excluding hydrogens is 210 g/mol. The average Bonchev–Trinajstić information content (AvgIpc) is 2.86. The number of fused-ring (bicyclic) bond motifs is 1. The second-order valence-electron chi connectivity index (χ2n) is 3.97. The van der Waals surface area contributed by atoms with Crippen molar-refractivity contribution in [3.63, 3.8) is 0 Å². The smallest absolute Gasteiger partial charge is 0.164 e. The van der Waals surface area contributed by atoms with Crippen molar-refractivity contribution >= 4 is 10.8 Å². The molecule has 0 unspecified atom stereocenters. The van der Waals surface area contributed by atoms with E-state index in [2.05, 4.69) is 64.2 Å². The third-order valence-electron chi connectivity index (χ3n) is 2.99. The van der Waals surface area contributed by atoms with Crippen LogP contribution < -0.4 is 0 Å². The van der Waals surface area contributed by atoms with Crippen LogP contribution in [0.1, 0.15) is 6.92 Å². The van der Waals surface area contributed by atoms with Gasteiger partial charge in [-0.3, -0.25) is 0 Å². The number of hydrogen-bond donors (Lipinski definition) is 0. The van der Waals surface area contributed by atoms with Gasteiger partial charge in [0.25, 0.3) is 0 Å². The first kappa shape index (κ1) is 10.0. The molecule has 0 amide bonds. The molecule has 0 spiro atoms. The lowest BCUT2D eigenvalue weighted by molar-refractivity contribution is 0.767. The van der Waals surface area contributed by atoms with Crippen molar-refractivity contribution in [3.05, 3.63) is 48.8 Å². The number of aromatic nitrogens is 3. The molecule has 3 rings (SSSR count). The van der Waals surface area contributed by atoms with E-state index >= 15 is 0 Å². The van der Waals surface area contributed by atoms with Crippen molar-refractivity contribution in [2.24, 2.45) is 0 Å². The van der Waals surface area contributed by atoms with Crippen molar-refractivity contribution in [2.75, 3.05) is 0 Å². The molecule has 1 aromatic heterocycles. The Morgan fingerprint density at radius 3 is 2.76 bits per heavy atom. The summed E-state index contributed by atoms with van der Waals surface area (Å²) in [5.74, 6) is 0.935. The zero-order chi connectivity index (χ0) is 11.7. The molecule has 0 fully saturated rings. The summed E-state index contributed by atoms with van der Waals surface area (Å²) in [6.07, 6.45) is 1.77. The summed E-state index contributed by atoms with van der Waals surface area (Å²) < 4.78 is 2.06. The Hall–Kier alpha value is -2.16. The summed E-state index contributed by atoms with van der Waals surface area (Å²) in [5.41, 5.74) is 1.14. The Morgan fingerprint density at radius 1 is 1.06 bits per heavy atom. The molecule has 0 aliphatic rings. The highest BCUT2D eigenvalue weighted by Gasteiger charge is 2.08. The van der Waals surface area contributed by atoms with Crippen LogP contribution in [0.5, 0.6) is 0 Å². The Bertz CT molecular complexity index is 650. The van der Waals surface area contributed by atoms with Gasteiger partial charge in [0.15, 0.2) is 5.82 Å². The number of aryl methyl sites for hydroxylation is 1. The molecule has 2 aromatic carbocycles. The van der Waals surface area contributed by atoms with Gasteiger partial charge in [-0.15, -0.1) is 10.2 Å². The van der Waals surface area contributed by atoms with Crippen molar-refractivity contribution in [3.8, 4) is 11.4 Å². The summed E-state index contributed by atoms with van der Waals surface area (Å²) in [5, 5.41) is 10.7. The van der Waals surface area contributed by atoms with Gasteiger partial charge in [-0.25, -0.2) is 0 Å². The molecule has 3 aromatic rings. The fourth-order valence-electron chi connectivity index (χ4n) is 2.12. The first-order valence-corrected chi connectivity index (χ1v) is 5.76. The zero-order valence-corrected chi connectivity index (χ0v) is 9.67. The second-order valence-corrected chi connectivity index (χ2v) is 3.97. The van der Waals surface area contributed by atoms with E-state index in [0.717, 1.165) is 17.9 Å². The molecule has 0 aliphatic carbocycles. The van der Waals surface area contributed by atoms with E-state index in [0.29, 0.717) is 0 Å². The number of rotatable bonds is 2. The molecular formula is C14H13N3. The third kappa shape index (κ3) is 1.60. The summed E-state index contributed by atoms with van der Waals surface area (Å²) in [6, 6.07) is 14.6. The first-order valence-electron chi connectivity index (χ1n) is 5.76. The highest BCUT2D eigenvalue weighted by Crippen LogP contribution is 2.26. The number of nitrogens with zero attached hydrogens (tertiary/aromatic N) is 3. The largest absolute Gasteiger partial charge is 0.314 e. The fourth-order valence-corrected chi connectivity index (χ4v) is 2.12. The summed E-state index contributed by atoms with van der Waals surface area (Å²) in [6.45, 7) is 2.98. The summed E-state index contributed by atoms with van der Waals surface area (Å²) >= 11 is 0. The third-order valence-corrected chi connectivity index (χ3v) is 2.99. The Kier molecular flexibility index (Phi) is 2.37. The van der Waals surface area contributed by atoms with Gasteiger partial charge in [-0.05, 0) is 17.7 Å². The van der Waals surface area contributed by atoms with Gasteiger partial charge in [-0.2, -0.15) is 0 Å². The van der Waals surface area contributed by atoms with E-state index in [-0.39, 0.29) is 0 Å². The number of hydrogen-bond acceptors (Lipinski definition) is 2. The maximum atomic E-state index is 4.22. The van der Waals surface area contributed by atoms with Crippen LogP contribution in [0.4, 0.5) is 0 Å². The molecule has 0 saturated heterocycles. The van der Waals surface area contributed by atoms with Crippen LogP contribution in [-0.2, 0) is 6.54 Å². The average molecular weight is 223 g/mol. The highest BCUT2D eigenvalue weighted by molar-refractivity contribution is 5.95. The lowest BCUT2D eigenvalue weighted by Crippen LogP contribution is -1.96. The molecule has 0 radical (unpaired) electrons. The lowest BCUT2D eigenvalue weighted by atomic mass is 10.0. The predicted molar refractivity (Wildman–Crippen MR) is 68.6 cm³/mol. The minimum Gasteiger partial charge on any atom is -0.314 e. The van der Waals surface area contributed by atoms with Crippen LogP contribution in [0.15, 0.2) is 48.8 Å². The molecule has 0 saturated carbocycles. The van der Waals surface area contributed by atoms with Gasteiger partial charge in [0.1, 0.15) is 6.33 Å². The highest BCUT2D eigenvalue weighted by atomic mass is 15.3. The van der Waals surface area contributed by atoms with Gasteiger partial charge in [0, 0.05) is 12.1 Å². The Labute approximate surface area is 99.7 Å². The Morgan fingerprint density at radius 2 is 1.88 bits per heavy atom. The normalized spacial score (nSPS) is 10.9. The molecule has 3 heteroatoms. The summed E-state index contributed by atoms with van der Waals surface area (Å²) in [4.78, 5) is 0. The van der Waals surface area contributed by atoms with Crippen LogP contribution in [-0.4, -0.2) is 14.8 Å². The topological polar surface area (TPSA) is 30.7 Å². The maximum Gasteiger partial charge on any atom is 0.164 e. The van der Waals surface area contributed by atoms with Gasteiger partial charge in [0.05, 0.1) is 0 Å². The van der Waals surface area contributed by atoms with Crippen molar-refractivity contribution in [1.29, 1.82) is 0 Å². The van der Waals surface area contributed by atoms with Crippen molar-refractivity contribution in [2.45, 2.75) is 13.5 Å². The SMILES string of the molecule is CCn1cnnc1-c1cccc2ccccc12. The van der Waals surface area contributed by atoms with Gasteiger partial charge < -0.3 is 4.57 Å². The molecule has 84 valence electrons. The van der Waals surface area contributed by atoms with Crippen LogP contribution in [0, 0.1) is 0 Å². The maximum absolute atomic E-state index is 4.22. The first-order chi connectivity index (χ1) is 8.40. The van der Waals surface area contributed by atoms with Gasteiger partial charge in [0.2, 0.25) is 0 Å². The van der Waals surface area contributed by atoms with E-state index in [1.54, 1.807) is 6.33 Å². The van der Waals surface area contributed by atoms with Crippen LogP contribution >= 0.6 is 0 Å². The quantitative estimate of drug-likeness (QED) is 0.668. The monoisotopic (exact) mass is 223 g/mol. The molecule has 3 nitrogen and oxygen atoms in total. The van der Waals surface area contributed by atoms with Gasteiger partial charge >= 0.3 is 0 Å². The Balaban J connectivity index is 2.31. The second kappa shape index (κ2) is 4.01. The molecule has 0 aliphatic heterocycles. The molecule has 0 atom stereocenters. The predicted octanol–water partition coefficient (Wildman–Crippen LogP) is 3.12. The lowest BCUT2D eigenvalue weighted by Gasteiger charge is -2.06. The van der Waals surface area contributed by atoms with Gasteiger partial charge in [-0.1, -0.05) is 42.5 Å². The van der Waals surface area contributed by atoms with E-state index in [4.69, 9.17) is 0 Å². The summed E-state index contributed by atoms with van der Waals surface area (Å²) in [7, 11) is 0. The molecule has 17 heavy (non-hydrogen) atoms. The van der Waals surface area contributed by atoms with E-state index in [1.807, 2.05) is 0 Å². The minimum atomic E-state index is 0.881. The number of benzene rings is 2. The molecule has 1 heterocycles.